The molecule has 2 heterocycles. The molecule has 1 atom stereocenters. The van der Waals surface area contributed by atoms with Gasteiger partial charge in [-0.1, -0.05) is 78.9 Å². The number of carbonyl (C=O) groups is 2. The van der Waals surface area contributed by atoms with Crippen LogP contribution in [0.2, 0.25) is 0 Å². The van der Waals surface area contributed by atoms with Gasteiger partial charge in [-0.3, -0.25) is 14.0 Å². The number of rotatable bonds is 8. The van der Waals surface area contributed by atoms with E-state index in [1.807, 2.05) is 120 Å². The quantitative estimate of drug-likeness (QED) is 0.287. The summed E-state index contributed by atoms with van der Waals surface area (Å²) in [7, 11) is 0. The second-order valence-corrected chi connectivity index (χ2v) is 9.86. The molecule has 1 N–H and O–H groups in total. The summed E-state index contributed by atoms with van der Waals surface area (Å²) in [6, 6.07) is 27.3. The third-order valence-corrected chi connectivity index (χ3v) is 7.20. The van der Waals surface area contributed by atoms with Crippen molar-refractivity contribution in [3.05, 3.63) is 119 Å². The smallest absolute Gasteiger partial charge is 0.270 e. The summed E-state index contributed by atoms with van der Waals surface area (Å²) in [5.74, 6) is -0.280. The Morgan fingerprint density at radius 1 is 0.973 bits per heavy atom. The largest absolute Gasteiger partial charge is 0.349 e. The molecule has 0 aliphatic heterocycles. The van der Waals surface area contributed by atoms with Crippen LogP contribution in [0.1, 0.15) is 39.0 Å². The van der Waals surface area contributed by atoms with Gasteiger partial charge in [0.15, 0.2) is 4.96 Å². The molecule has 5 aromatic rings. The maximum absolute atomic E-state index is 14.1. The van der Waals surface area contributed by atoms with E-state index < -0.39 is 0 Å². The van der Waals surface area contributed by atoms with Crippen LogP contribution in [0.3, 0.4) is 0 Å². The number of hydrogen-bond acceptors (Lipinski definition) is 4. The molecule has 0 aliphatic carbocycles. The molecule has 0 bridgehead atoms. The van der Waals surface area contributed by atoms with Crippen LogP contribution in [0.5, 0.6) is 0 Å². The van der Waals surface area contributed by atoms with Gasteiger partial charge in [0.2, 0.25) is 0 Å². The summed E-state index contributed by atoms with van der Waals surface area (Å²) < 4.78 is 1.81. The fourth-order valence-corrected chi connectivity index (χ4v) is 5.26. The molecular formula is C30H28N4O2S. The van der Waals surface area contributed by atoms with Gasteiger partial charge in [0.1, 0.15) is 5.69 Å². The Morgan fingerprint density at radius 2 is 1.65 bits per heavy atom. The Kier molecular flexibility index (Phi) is 7.14. The molecule has 6 nitrogen and oxygen atoms in total. The van der Waals surface area contributed by atoms with E-state index in [1.54, 1.807) is 0 Å². The molecular weight excluding hydrogens is 480 g/mol. The highest BCUT2D eigenvalue weighted by Gasteiger charge is 2.25. The lowest BCUT2D eigenvalue weighted by Gasteiger charge is -2.30. The molecule has 2 amide bonds. The van der Waals surface area contributed by atoms with Crippen molar-refractivity contribution in [2.45, 2.75) is 26.4 Å². The van der Waals surface area contributed by atoms with Crippen molar-refractivity contribution in [3.8, 4) is 11.1 Å². The van der Waals surface area contributed by atoms with Gasteiger partial charge >= 0.3 is 0 Å². The Hall–Kier alpha value is -4.23. The molecule has 0 saturated heterocycles. The molecule has 186 valence electrons. The highest BCUT2D eigenvalue weighted by Crippen LogP contribution is 2.26. The minimum atomic E-state index is -0.258. The summed E-state index contributed by atoms with van der Waals surface area (Å²) in [6.07, 6.45) is 1.85. The van der Waals surface area contributed by atoms with E-state index in [2.05, 4.69) is 10.3 Å². The lowest BCUT2D eigenvalue weighted by atomic mass is 9.98. The van der Waals surface area contributed by atoms with Crippen LogP contribution in [0.4, 0.5) is 0 Å². The Morgan fingerprint density at radius 3 is 2.41 bits per heavy atom. The lowest BCUT2D eigenvalue weighted by Crippen LogP contribution is -2.45. The zero-order valence-electron chi connectivity index (χ0n) is 20.8. The summed E-state index contributed by atoms with van der Waals surface area (Å²) in [6.45, 7) is 4.54. The van der Waals surface area contributed by atoms with Gasteiger partial charge < -0.3 is 10.2 Å². The maximum atomic E-state index is 14.1. The Labute approximate surface area is 220 Å². The van der Waals surface area contributed by atoms with Crippen LogP contribution in [0, 0.1) is 6.92 Å². The van der Waals surface area contributed by atoms with Gasteiger partial charge in [-0.2, -0.15) is 0 Å². The fraction of sp³-hybridized carbons (Fsp3) is 0.167. The van der Waals surface area contributed by atoms with Crippen LogP contribution in [0.15, 0.2) is 96.5 Å². The van der Waals surface area contributed by atoms with E-state index in [-0.39, 0.29) is 17.9 Å². The number of carbonyl (C=O) groups excluding carboxylic acids is 2. The molecule has 0 radical (unpaired) electrons. The number of nitrogens with zero attached hydrogens (tertiary/aromatic N) is 3. The van der Waals surface area contributed by atoms with Crippen LogP contribution in [-0.4, -0.2) is 38.7 Å². The van der Waals surface area contributed by atoms with E-state index >= 15 is 0 Å². The predicted molar refractivity (Wildman–Crippen MR) is 148 cm³/mol. The average molecular weight is 509 g/mol. The number of nitrogens with one attached hydrogen (secondary N) is 1. The molecule has 0 saturated carbocycles. The fourth-order valence-electron chi connectivity index (χ4n) is 4.50. The van der Waals surface area contributed by atoms with E-state index in [1.165, 1.54) is 11.3 Å². The Balaban J connectivity index is 1.41. The molecule has 37 heavy (non-hydrogen) atoms. The summed E-state index contributed by atoms with van der Waals surface area (Å²) in [4.78, 5) is 34.3. The second-order valence-electron chi connectivity index (χ2n) is 8.99. The highest BCUT2D eigenvalue weighted by atomic mass is 32.1. The minimum Gasteiger partial charge on any atom is -0.349 e. The van der Waals surface area contributed by atoms with Crippen LogP contribution in [0.25, 0.3) is 16.1 Å². The molecule has 5 rings (SSSR count). The third kappa shape index (κ3) is 5.17. The number of aryl methyl sites for hydroxylation is 1. The van der Waals surface area contributed by atoms with Gasteiger partial charge in [-0.25, -0.2) is 4.98 Å². The van der Waals surface area contributed by atoms with Crippen molar-refractivity contribution >= 4 is 28.1 Å². The molecule has 3 aromatic carbocycles. The van der Waals surface area contributed by atoms with Gasteiger partial charge in [0, 0.05) is 36.3 Å². The van der Waals surface area contributed by atoms with Crippen molar-refractivity contribution in [1.82, 2.24) is 19.6 Å². The monoisotopic (exact) mass is 508 g/mol. The number of thiazole rings is 1. The number of imidazole rings is 1. The summed E-state index contributed by atoms with van der Waals surface area (Å²) in [5, 5.41) is 4.95. The lowest BCUT2D eigenvalue weighted by molar-refractivity contribution is 0.0665. The first kappa shape index (κ1) is 24.5. The van der Waals surface area contributed by atoms with Crippen molar-refractivity contribution < 1.29 is 9.59 Å². The average Bonchev–Trinajstić information content (AvgIpc) is 3.51. The topological polar surface area (TPSA) is 66.7 Å². The van der Waals surface area contributed by atoms with E-state index in [0.717, 1.165) is 21.7 Å². The first-order chi connectivity index (χ1) is 18.0. The van der Waals surface area contributed by atoms with Gasteiger partial charge in [0.05, 0.1) is 5.69 Å². The summed E-state index contributed by atoms with van der Waals surface area (Å²) in [5.41, 5.74) is 4.75. The predicted octanol–water partition coefficient (Wildman–Crippen LogP) is 5.83. The number of fused-ring (bicyclic) bond motifs is 1. The molecule has 0 unspecified atom stereocenters. The van der Waals surface area contributed by atoms with Gasteiger partial charge in [-0.05, 0) is 36.6 Å². The zero-order valence-corrected chi connectivity index (χ0v) is 21.6. The first-order valence-corrected chi connectivity index (χ1v) is 13.1. The molecule has 0 aliphatic rings. The maximum Gasteiger partial charge on any atom is 0.270 e. The number of benzene rings is 3. The van der Waals surface area contributed by atoms with Crippen molar-refractivity contribution in [3.63, 3.8) is 0 Å². The second kappa shape index (κ2) is 10.8. The van der Waals surface area contributed by atoms with Crippen molar-refractivity contribution in [1.29, 1.82) is 0 Å². The van der Waals surface area contributed by atoms with Crippen molar-refractivity contribution in [2.24, 2.45) is 0 Å². The first-order valence-electron chi connectivity index (χ1n) is 12.2. The number of amides is 2. The van der Waals surface area contributed by atoms with Crippen LogP contribution < -0.4 is 5.32 Å². The van der Waals surface area contributed by atoms with Crippen LogP contribution in [-0.2, 0) is 6.54 Å². The SMILES string of the molecule is Cc1nc2sccn2c1C(=O)NC[C@H](C)N(Cc1ccccc1)C(=O)c1ccccc1-c1ccccc1. The third-order valence-electron chi connectivity index (χ3n) is 6.44. The van der Waals surface area contributed by atoms with E-state index in [4.69, 9.17) is 0 Å². The van der Waals surface area contributed by atoms with E-state index in [9.17, 15) is 9.59 Å². The zero-order chi connectivity index (χ0) is 25.8. The number of hydrogen-bond donors (Lipinski definition) is 1. The molecule has 7 heteroatoms. The number of aromatic nitrogens is 2. The van der Waals surface area contributed by atoms with E-state index in [0.29, 0.717) is 30.0 Å². The molecule has 2 aromatic heterocycles. The normalized spacial score (nSPS) is 11.8. The van der Waals surface area contributed by atoms with Gasteiger partial charge in [-0.15, -0.1) is 11.3 Å². The van der Waals surface area contributed by atoms with Crippen molar-refractivity contribution in [2.75, 3.05) is 6.54 Å². The van der Waals surface area contributed by atoms with Crippen LogP contribution >= 0.6 is 11.3 Å². The molecule has 0 fully saturated rings. The standard InChI is InChI=1S/C30H28N4O2S/c1-21(19-31-28(35)27-22(2)32-30-33(27)17-18-37-30)34(20-23-11-5-3-6-12-23)29(36)26-16-10-9-15-25(26)24-13-7-4-8-14-24/h3-18,21H,19-20H2,1-2H3,(H,31,35)/t21-/m0/s1. The minimum absolute atomic E-state index is 0.0780. The van der Waals surface area contributed by atoms with Gasteiger partial charge in [0.25, 0.3) is 11.8 Å². The Bertz CT molecular complexity index is 1530. The highest BCUT2D eigenvalue weighted by molar-refractivity contribution is 7.15. The molecule has 0 spiro atoms. The summed E-state index contributed by atoms with van der Waals surface area (Å²) >= 11 is 1.49.